The Labute approximate surface area is 219 Å². The minimum absolute atomic E-state index is 0.0372. The second kappa shape index (κ2) is 9.57. The lowest BCUT2D eigenvalue weighted by molar-refractivity contribution is -0.139. The van der Waals surface area contributed by atoms with Gasteiger partial charge in [0.05, 0.1) is 14.5 Å². The Balaban J connectivity index is 1.45. The number of urea groups is 1. The van der Waals surface area contributed by atoms with E-state index >= 15 is 0 Å². The van der Waals surface area contributed by atoms with Gasteiger partial charge in [0.15, 0.2) is 11.5 Å². The van der Waals surface area contributed by atoms with Gasteiger partial charge in [-0.25, -0.2) is 13.6 Å². The van der Waals surface area contributed by atoms with Crippen molar-refractivity contribution >= 4 is 36.9 Å². The van der Waals surface area contributed by atoms with Crippen molar-refractivity contribution < 1.29 is 37.7 Å². The summed E-state index contributed by atoms with van der Waals surface area (Å²) in [7, 11) is -2.31. The Kier molecular flexibility index (Phi) is 6.54. The normalized spacial score (nSPS) is 18.6. The number of likely N-dealkylation sites (tertiary alicyclic amines) is 1. The Hall–Kier alpha value is -3.67. The summed E-state index contributed by atoms with van der Waals surface area (Å²) in [5.74, 6) is -2.06. The van der Waals surface area contributed by atoms with Crippen molar-refractivity contribution in [1.82, 2.24) is 9.80 Å². The molecular weight excluding hydrogens is 516 g/mol. The number of hydrogen-bond donors (Lipinski definition) is 2. The standard InChI is InChI=1S/C26H29F2N3O6Si/c1-38(2,3)24-18(27)9-15(10-19(24)28)29-25(34)22-16-4-5-20-23(37-13-36-20)17(16)6-7-31(22)26(35)30-11-14(12-30)8-21(32)33/h4-5,9-10,14,22H,6-8,11-13H2,1-3H3,(H,29,34)(H,32,33). The van der Waals surface area contributed by atoms with E-state index in [0.29, 0.717) is 23.5 Å². The van der Waals surface area contributed by atoms with Crippen molar-refractivity contribution in [1.29, 1.82) is 0 Å². The number of benzene rings is 2. The van der Waals surface area contributed by atoms with Gasteiger partial charge in [-0.2, -0.15) is 0 Å². The highest BCUT2D eigenvalue weighted by Gasteiger charge is 2.43. The third kappa shape index (κ3) is 4.68. The second-order valence-corrected chi connectivity index (χ2v) is 15.9. The molecule has 9 nitrogen and oxygen atoms in total. The van der Waals surface area contributed by atoms with Crippen LogP contribution in [0.2, 0.25) is 19.6 Å². The van der Waals surface area contributed by atoms with Crippen molar-refractivity contribution in [3.63, 3.8) is 0 Å². The van der Waals surface area contributed by atoms with Crippen LogP contribution in [0.3, 0.4) is 0 Å². The molecule has 0 saturated carbocycles. The van der Waals surface area contributed by atoms with Crippen LogP contribution >= 0.6 is 0 Å². The topological polar surface area (TPSA) is 108 Å². The molecule has 3 aliphatic rings. The van der Waals surface area contributed by atoms with Crippen LogP contribution in [0.1, 0.15) is 23.6 Å². The number of anilines is 1. The molecule has 0 bridgehead atoms. The number of hydrogen-bond acceptors (Lipinski definition) is 5. The number of halogens is 2. The number of fused-ring (bicyclic) bond motifs is 3. The lowest BCUT2D eigenvalue weighted by atomic mass is 9.90. The maximum Gasteiger partial charge on any atom is 0.320 e. The molecule has 5 rings (SSSR count). The van der Waals surface area contributed by atoms with Gasteiger partial charge in [-0.1, -0.05) is 25.7 Å². The summed E-state index contributed by atoms with van der Waals surface area (Å²) >= 11 is 0. The molecule has 0 aliphatic carbocycles. The molecule has 12 heteroatoms. The molecule has 2 aromatic rings. The van der Waals surface area contributed by atoms with Gasteiger partial charge >= 0.3 is 12.0 Å². The minimum Gasteiger partial charge on any atom is -0.481 e. The van der Waals surface area contributed by atoms with Crippen LogP contribution in [0.4, 0.5) is 19.3 Å². The van der Waals surface area contributed by atoms with E-state index in [1.807, 2.05) is 19.6 Å². The summed E-state index contributed by atoms with van der Waals surface area (Å²) in [4.78, 5) is 41.1. The molecule has 0 spiro atoms. The summed E-state index contributed by atoms with van der Waals surface area (Å²) in [5.41, 5.74) is 1.23. The molecule has 3 aliphatic heterocycles. The number of carboxylic acid groups (broad SMARTS) is 1. The predicted octanol–water partition coefficient (Wildman–Crippen LogP) is 3.30. The Morgan fingerprint density at radius 3 is 2.42 bits per heavy atom. The maximum absolute atomic E-state index is 14.9. The third-order valence-electron chi connectivity index (χ3n) is 7.13. The smallest absolute Gasteiger partial charge is 0.320 e. The quantitative estimate of drug-likeness (QED) is 0.559. The first kappa shape index (κ1) is 26.0. The summed E-state index contributed by atoms with van der Waals surface area (Å²) < 4.78 is 40.9. The molecule has 1 fully saturated rings. The highest BCUT2D eigenvalue weighted by atomic mass is 28.3. The van der Waals surface area contributed by atoms with Crippen molar-refractivity contribution in [2.75, 3.05) is 31.7 Å². The van der Waals surface area contributed by atoms with Crippen molar-refractivity contribution in [3.8, 4) is 11.5 Å². The van der Waals surface area contributed by atoms with E-state index in [1.165, 1.54) is 9.80 Å². The molecule has 1 atom stereocenters. The molecule has 202 valence electrons. The predicted molar refractivity (Wildman–Crippen MR) is 136 cm³/mol. The Morgan fingerprint density at radius 1 is 1.11 bits per heavy atom. The molecule has 2 aromatic carbocycles. The van der Waals surface area contributed by atoms with Gasteiger partial charge in [0, 0.05) is 42.0 Å². The monoisotopic (exact) mass is 545 g/mol. The largest absolute Gasteiger partial charge is 0.481 e. The van der Waals surface area contributed by atoms with Crippen LogP contribution in [0.25, 0.3) is 0 Å². The van der Waals surface area contributed by atoms with Gasteiger partial charge in [-0.3, -0.25) is 9.59 Å². The first-order valence-corrected chi connectivity index (χ1v) is 15.9. The average molecular weight is 546 g/mol. The van der Waals surface area contributed by atoms with E-state index < -0.39 is 43.7 Å². The zero-order valence-electron chi connectivity index (χ0n) is 21.3. The van der Waals surface area contributed by atoms with Gasteiger partial charge in [0.2, 0.25) is 6.79 Å². The number of rotatable bonds is 5. The van der Waals surface area contributed by atoms with E-state index in [-0.39, 0.29) is 49.6 Å². The van der Waals surface area contributed by atoms with E-state index in [4.69, 9.17) is 14.6 Å². The maximum atomic E-state index is 14.9. The fourth-order valence-electron chi connectivity index (χ4n) is 5.43. The van der Waals surface area contributed by atoms with E-state index in [2.05, 4.69) is 5.32 Å². The Morgan fingerprint density at radius 2 is 1.79 bits per heavy atom. The van der Waals surface area contributed by atoms with Gasteiger partial charge < -0.3 is 29.7 Å². The molecule has 1 saturated heterocycles. The highest BCUT2D eigenvalue weighted by Crippen LogP contribution is 2.44. The number of aliphatic carboxylic acids is 1. The number of nitrogens with zero attached hydrogens (tertiary/aromatic N) is 2. The number of amides is 3. The first-order chi connectivity index (χ1) is 17.9. The van der Waals surface area contributed by atoms with E-state index in [1.54, 1.807) is 12.1 Å². The number of carbonyl (C=O) groups excluding carboxylic acids is 2. The highest BCUT2D eigenvalue weighted by molar-refractivity contribution is 6.88. The van der Waals surface area contributed by atoms with E-state index in [9.17, 15) is 23.2 Å². The van der Waals surface area contributed by atoms with Crippen LogP contribution in [-0.4, -0.2) is 67.3 Å². The molecular formula is C26H29F2N3O6Si. The van der Waals surface area contributed by atoms with Gasteiger partial charge in [0.25, 0.3) is 5.91 Å². The lowest BCUT2D eigenvalue weighted by Crippen LogP contribution is -2.58. The molecule has 3 amide bonds. The minimum atomic E-state index is -2.31. The van der Waals surface area contributed by atoms with Crippen LogP contribution < -0.4 is 20.0 Å². The molecule has 0 radical (unpaired) electrons. The van der Waals surface area contributed by atoms with Gasteiger partial charge in [-0.05, 0) is 30.2 Å². The van der Waals surface area contributed by atoms with Crippen molar-refractivity contribution in [2.45, 2.75) is 38.5 Å². The zero-order chi connectivity index (χ0) is 27.4. The first-order valence-electron chi connectivity index (χ1n) is 12.4. The third-order valence-corrected chi connectivity index (χ3v) is 9.11. The van der Waals surface area contributed by atoms with Crippen LogP contribution in [0.5, 0.6) is 11.5 Å². The summed E-state index contributed by atoms with van der Waals surface area (Å²) in [5, 5.41) is 11.7. The fraction of sp³-hybridized carbons (Fsp3) is 0.423. The molecule has 38 heavy (non-hydrogen) atoms. The molecule has 1 unspecified atom stereocenters. The van der Waals surface area contributed by atoms with Crippen molar-refractivity contribution in [2.24, 2.45) is 5.92 Å². The van der Waals surface area contributed by atoms with E-state index in [0.717, 1.165) is 17.7 Å². The van der Waals surface area contributed by atoms with Crippen LogP contribution in [-0.2, 0) is 16.0 Å². The second-order valence-electron chi connectivity index (χ2n) is 10.9. The molecule has 3 heterocycles. The van der Waals surface area contributed by atoms with Gasteiger partial charge in [0.1, 0.15) is 17.7 Å². The summed E-state index contributed by atoms with van der Waals surface area (Å²) in [6, 6.07) is 4.09. The average Bonchev–Trinajstić information content (AvgIpc) is 3.27. The summed E-state index contributed by atoms with van der Waals surface area (Å²) in [6.45, 7) is 6.28. The van der Waals surface area contributed by atoms with Gasteiger partial charge in [-0.15, -0.1) is 0 Å². The van der Waals surface area contributed by atoms with Crippen LogP contribution in [0, 0.1) is 17.6 Å². The molecule has 2 N–H and O–H groups in total. The fourth-order valence-corrected chi connectivity index (χ4v) is 7.01. The summed E-state index contributed by atoms with van der Waals surface area (Å²) in [6.07, 6.45) is 0.377. The Bertz CT molecular complexity index is 1300. The lowest BCUT2D eigenvalue weighted by Gasteiger charge is -2.45. The number of nitrogens with one attached hydrogen (secondary N) is 1. The van der Waals surface area contributed by atoms with Crippen molar-refractivity contribution in [3.05, 3.63) is 47.0 Å². The number of carbonyl (C=O) groups is 3. The van der Waals surface area contributed by atoms with Crippen LogP contribution in [0.15, 0.2) is 24.3 Å². The number of carboxylic acids is 1. The molecule has 0 aromatic heterocycles. The number of ether oxygens (including phenoxy) is 2. The SMILES string of the molecule is C[Si](C)(C)c1c(F)cc(NC(=O)C2c3ccc4c(c3CCN2C(=O)N2CC(CC(=O)O)C2)OCO4)cc1F. The zero-order valence-corrected chi connectivity index (χ0v) is 22.3.